The van der Waals surface area contributed by atoms with Crippen molar-refractivity contribution in [3.63, 3.8) is 0 Å². The van der Waals surface area contributed by atoms with Gasteiger partial charge in [-0.1, -0.05) is 0 Å². The molecule has 24 N–H and O–H groups in total. The molecule has 16 unspecified atom stereocenters. The van der Waals surface area contributed by atoms with Crippen LogP contribution in [0.5, 0.6) is 0 Å². The average molecular weight is 1430 g/mol. The summed E-state index contributed by atoms with van der Waals surface area (Å²) in [5.41, 5.74) is 0. The van der Waals surface area contributed by atoms with Gasteiger partial charge in [0.2, 0.25) is 0 Å². The third kappa shape index (κ3) is 19.3. The van der Waals surface area contributed by atoms with Gasteiger partial charge in [0.15, 0.2) is 25.2 Å². The van der Waals surface area contributed by atoms with E-state index >= 15 is 0 Å². The Bertz CT molecular complexity index is 1810. The van der Waals surface area contributed by atoms with E-state index in [0.717, 1.165) is 0 Å². The summed E-state index contributed by atoms with van der Waals surface area (Å²) in [6.07, 6.45) is -48.8. The Morgan fingerprint density at radius 1 is 0.217 bits per heavy atom. The summed E-state index contributed by atoms with van der Waals surface area (Å²) in [4.78, 5) is 0. The normalized spacial score (nSPS) is 51.7. The molecule has 92 heavy (non-hydrogen) atoms. The minimum Gasteiger partial charge on any atom is -0.394 e. The number of rotatable bonds is 16. The number of hydrogen-bond donors (Lipinski definition) is 28. The molecule has 0 saturated carbocycles. The van der Waals surface area contributed by atoms with Gasteiger partial charge in [-0.2, -0.15) is 50.5 Å². The number of aliphatic hydroxyl groups is 24. The van der Waals surface area contributed by atoms with E-state index in [1.54, 1.807) is 0 Å². The topological polar surface area (TPSA) is 596 Å². The lowest BCUT2D eigenvalue weighted by molar-refractivity contribution is -0.336. The van der Waals surface area contributed by atoms with Gasteiger partial charge in [-0.3, -0.25) is 0 Å². The molecule has 40 heteroatoms. The summed E-state index contributed by atoms with van der Waals surface area (Å²) in [5, 5.41) is 236. The molecular formula is C52H96O36S4. The molecule has 8 saturated heterocycles. The molecule has 0 aliphatic carbocycles. The van der Waals surface area contributed by atoms with Crippen LogP contribution in [-0.4, -0.2) is 417 Å². The van der Waals surface area contributed by atoms with Gasteiger partial charge in [0, 0.05) is 23.0 Å². The van der Waals surface area contributed by atoms with E-state index in [0.29, 0.717) is 0 Å². The van der Waals surface area contributed by atoms with Gasteiger partial charge in [0.05, 0.1) is 75.3 Å². The second kappa shape index (κ2) is 37.6. The van der Waals surface area contributed by atoms with E-state index in [1.807, 2.05) is 0 Å². The minimum atomic E-state index is -1.58. The maximum Gasteiger partial charge on any atom is 0.187 e. The van der Waals surface area contributed by atoms with Gasteiger partial charge in [0.1, 0.15) is 171 Å². The zero-order valence-electron chi connectivity index (χ0n) is 50.2. The lowest BCUT2D eigenvalue weighted by Crippen LogP contribution is -2.64. The monoisotopic (exact) mass is 1420 g/mol. The fraction of sp³-hybridized carbons (Fsp3) is 1.00. The van der Waals surface area contributed by atoms with Crippen LogP contribution in [0.3, 0.4) is 0 Å². The van der Waals surface area contributed by atoms with Crippen molar-refractivity contribution in [1.29, 1.82) is 0 Å². The predicted molar refractivity (Wildman–Crippen MR) is 315 cm³/mol. The zero-order chi connectivity index (χ0) is 69.2. The van der Waals surface area contributed by atoms with Crippen LogP contribution in [0.15, 0.2) is 0 Å². The Morgan fingerprint density at radius 2 is 0.380 bits per heavy atom. The molecule has 0 aromatic rings. The second-order valence-corrected chi connectivity index (χ2v) is 24.8. The minimum absolute atomic E-state index is 0.0671. The molecule has 0 bridgehead atoms. The Kier molecular flexibility index (Phi) is 33.7. The lowest BCUT2D eigenvalue weighted by Gasteiger charge is -2.45. The maximum atomic E-state index is 10.1. The summed E-state index contributed by atoms with van der Waals surface area (Å²) in [7, 11) is 0. The van der Waals surface area contributed by atoms with Gasteiger partial charge in [-0.05, 0) is 27.7 Å². The van der Waals surface area contributed by atoms with Crippen LogP contribution in [0.4, 0.5) is 0 Å². The molecule has 8 rings (SSSR count). The molecule has 0 aromatic carbocycles. The van der Waals surface area contributed by atoms with Crippen LogP contribution in [0.1, 0.15) is 27.7 Å². The quantitative estimate of drug-likeness (QED) is 0.0638. The summed E-state index contributed by atoms with van der Waals surface area (Å²) < 4.78 is 64.7. The molecule has 8 heterocycles. The number of ether oxygens (including phenoxy) is 12. The third-order valence-electron chi connectivity index (χ3n) is 17.0. The highest BCUT2D eigenvalue weighted by Gasteiger charge is 2.54. The molecule has 0 spiro atoms. The van der Waals surface area contributed by atoms with Crippen LogP contribution >= 0.6 is 50.5 Å². The van der Waals surface area contributed by atoms with E-state index in [9.17, 15) is 123 Å². The predicted octanol–water partition coefficient (Wildman–Crippen LogP) is -13.6. The van der Waals surface area contributed by atoms with Crippen molar-refractivity contribution in [2.45, 2.75) is 273 Å². The van der Waals surface area contributed by atoms with E-state index in [2.05, 4.69) is 50.5 Å². The molecule has 0 radical (unpaired) electrons. The Hall–Kier alpha value is -0.0400. The highest BCUT2D eigenvalue weighted by atomic mass is 32.1. The average Bonchev–Trinajstić information content (AvgIpc) is 0.852. The standard InChI is InChI=1S/4C13H24O9S/c4*1-4-7(15)10(18)12(5(2-14)20-4)22-13-11(19)9(17)8(16)6(3-23)21-13/h4*4-19,23H,2-3H2,1H3/t2*4-,5?,6?,7?,8-,9-,10+,11?,12+,13-;2*4-,5?,6?,7?,8-,9-,10+,11?,12-,13-/m0000/s1. The van der Waals surface area contributed by atoms with Gasteiger partial charge in [0.25, 0.3) is 0 Å². The van der Waals surface area contributed by atoms with E-state index in [-0.39, 0.29) is 23.0 Å². The summed E-state index contributed by atoms with van der Waals surface area (Å²) in [5.74, 6) is 0.268. The number of thiol groups is 4. The summed E-state index contributed by atoms with van der Waals surface area (Å²) in [6, 6.07) is 0. The van der Waals surface area contributed by atoms with Crippen molar-refractivity contribution in [3.8, 4) is 0 Å². The summed E-state index contributed by atoms with van der Waals surface area (Å²) in [6.45, 7) is 4.22. The molecule has 0 aromatic heterocycles. The number of hydrogen-bond acceptors (Lipinski definition) is 40. The largest absolute Gasteiger partial charge is 0.394 e. The third-order valence-corrected chi connectivity index (χ3v) is 18.4. The smallest absolute Gasteiger partial charge is 0.187 e. The SMILES string of the molecule is C[C@@H]1OC(CO)[C@@H](O[C@@H]2OC(CS)[C@H](O)[C@H](O)C2O)[C@H](O)C1O.C[C@@H]1OC(CO)[C@@H](O[C@@H]2OC(CS)[C@H](O)[C@H](O)C2O)[C@H](O)C1O.C[C@@H]1OC(CO)[C@H](O[C@@H]2OC(CS)[C@H](O)[C@H](O)C2O)[C@H](O)C1O.C[C@@H]1OC(CO)[C@H](O[C@@H]2OC(CS)[C@H](O)[C@H](O)C2O)[C@H](O)C1O. The molecule has 0 amide bonds. The lowest BCUT2D eigenvalue weighted by atomic mass is 9.95. The van der Waals surface area contributed by atoms with Crippen LogP contribution in [0.25, 0.3) is 0 Å². The van der Waals surface area contributed by atoms with Gasteiger partial charge in [-0.15, -0.1) is 0 Å². The van der Waals surface area contributed by atoms with E-state index < -0.39 is 271 Å². The molecule has 8 aliphatic rings. The first kappa shape index (κ1) is 82.6. The highest BCUT2D eigenvalue weighted by Crippen LogP contribution is 2.35. The van der Waals surface area contributed by atoms with Crippen LogP contribution in [-0.2, 0) is 56.8 Å². The van der Waals surface area contributed by atoms with Crippen molar-refractivity contribution in [2.24, 2.45) is 0 Å². The zero-order valence-corrected chi connectivity index (χ0v) is 53.7. The fourth-order valence-corrected chi connectivity index (χ4v) is 12.3. The van der Waals surface area contributed by atoms with Crippen molar-refractivity contribution < 1.29 is 179 Å². The van der Waals surface area contributed by atoms with Gasteiger partial charge < -0.3 is 179 Å². The Labute approximate surface area is 549 Å². The van der Waals surface area contributed by atoms with Crippen molar-refractivity contribution >= 4 is 50.5 Å². The molecule has 8 fully saturated rings. The molecule has 8 aliphatic heterocycles. The fourth-order valence-electron chi connectivity index (χ4n) is 11.1. The van der Waals surface area contributed by atoms with Crippen LogP contribution in [0.2, 0.25) is 0 Å². The molecular weight excluding hydrogens is 1330 g/mol. The highest BCUT2D eigenvalue weighted by molar-refractivity contribution is 7.80. The van der Waals surface area contributed by atoms with Crippen molar-refractivity contribution in [3.05, 3.63) is 0 Å². The molecule has 544 valence electrons. The van der Waals surface area contributed by atoms with Crippen LogP contribution < -0.4 is 0 Å². The van der Waals surface area contributed by atoms with Crippen molar-refractivity contribution in [2.75, 3.05) is 49.4 Å². The van der Waals surface area contributed by atoms with Gasteiger partial charge >= 0.3 is 0 Å². The maximum absolute atomic E-state index is 10.1. The van der Waals surface area contributed by atoms with E-state index in [4.69, 9.17) is 56.8 Å². The molecule has 40 atom stereocenters. The first-order chi connectivity index (χ1) is 43.2. The number of aliphatic hydroxyl groups excluding tert-OH is 24. The van der Waals surface area contributed by atoms with E-state index in [1.165, 1.54) is 27.7 Å². The molecule has 36 nitrogen and oxygen atoms in total. The van der Waals surface area contributed by atoms with Gasteiger partial charge in [-0.25, -0.2) is 0 Å². The second-order valence-electron chi connectivity index (χ2n) is 23.4. The van der Waals surface area contributed by atoms with Crippen LogP contribution in [0, 0.1) is 0 Å². The first-order valence-electron chi connectivity index (χ1n) is 29.6. The first-order valence-corrected chi connectivity index (χ1v) is 32.1. The Morgan fingerprint density at radius 3 is 0.522 bits per heavy atom. The van der Waals surface area contributed by atoms with Crippen molar-refractivity contribution in [1.82, 2.24) is 0 Å². The summed E-state index contributed by atoms with van der Waals surface area (Å²) >= 11 is 16.0. The Balaban J connectivity index is 0.000000223.